The van der Waals surface area contributed by atoms with Crippen molar-refractivity contribution in [1.82, 2.24) is 9.80 Å². The third kappa shape index (κ3) is 6.79. The average molecular weight is 320 g/mol. The first kappa shape index (κ1) is 17.7. The normalized spacial score (nSPS) is 16.8. The van der Waals surface area contributed by atoms with Gasteiger partial charge in [-0.25, -0.2) is 13.2 Å². The first-order valence-corrected chi connectivity index (χ1v) is 9.14. The second-order valence-electron chi connectivity index (χ2n) is 5.70. The molecule has 1 N–H and O–H groups in total. The maximum absolute atomic E-state index is 12.2. The summed E-state index contributed by atoms with van der Waals surface area (Å²) in [4.78, 5) is 25.8. The maximum atomic E-state index is 12.2. The summed E-state index contributed by atoms with van der Waals surface area (Å²) in [6.07, 6.45) is 3.59. The second-order valence-corrected chi connectivity index (χ2v) is 7.96. The molecule has 1 rings (SSSR count). The Labute approximate surface area is 125 Å². The molecule has 0 bridgehead atoms. The highest BCUT2D eigenvalue weighted by Gasteiger charge is 2.25. The molecule has 0 atom stereocenters. The molecule has 8 heteroatoms. The highest BCUT2D eigenvalue weighted by atomic mass is 32.2. The third-order valence-electron chi connectivity index (χ3n) is 3.78. The molecule has 0 aromatic rings. The van der Waals surface area contributed by atoms with Crippen molar-refractivity contribution in [3.8, 4) is 0 Å². The molecule has 0 aromatic carbocycles. The quantitative estimate of drug-likeness (QED) is 0.776. The SMILES string of the molecule is CN(CCS(C)(=O)=O)C(=O)N1CCC(CCC(=O)O)CC1. The number of carbonyl (C=O) groups excluding carboxylic acids is 1. The van der Waals surface area contributed by atoms with E-state index in [9.17, 15) is 18.0 Å². The summed E-state index contributed by atoms with van der Waals surface area (Å²) in [5.41, 5.74) is 0. The van der Waals surface area contributed by atoms with Crippen LogP contribution in [0.25, 0.3) is 0 Å². The van der Waals surface area contributed by atoms with Gasteiger partial charge in [0.15, 0.2) is 0 Å². The van der Waals surface area contributed by atoms with Gasteiger partial charge in [0, 0.05) is 39.4 Å². The van der Waals surface area contributed by atoms with E-state index in [4.69, 9.17) is 5.11 Å². The lowest BCUT2D eigenvalue weighted by atomic mass is 9.92. The van der Waals surface area contributed by atoms with Crippen LogP contribution < -0.4 is 0 Å². The number of piperidine rings is 1. The van der Waals surface area contributed by atoms with Crippen LogP contribution in [0.15, 0.2) is 0 Å². The zero-order valence-corrected chi connectivity index (χ0v) is 13.4. The van der Waals surface area contributed by atoms with Gasteiger partial charge in [-0.2, -0.15) is 0 Å². The van der Waals surface area contributed by atoms with Crippen LogP contribution in [-0.2, 0) is 14.6 Å². The fourth-order valence-electron chi connectivity index (χ4n) is 2.38. The Morgan fingerprint density at radius 2 is 1.86 bits per heavy atom. The minimum atomic E-state index is -3.08. The van der Waals surface area contributed by atoms with Gasteiger partial charge in [0.25, 0.3) is 0 Å². The molecule has 1 heterocycles. The Kier molecular flexibility index (Phi) is 6.44. The molecule has 2 amide bonds. The summed E-state index contributed by atoms with van der Waals surface area (Å²) < 4.78 is 22.2. The van der Waals surface area contributed by atoms with E-state index in [2.05, 4.69) is 0 Å². The second kappa shape index (κ2) is 7.63. The van der Waals surface area contributed by atoms with Crippen molar-refractivity contribution in [1.29, 1.82) is 0 Å². The van der Waals surface area contributed by atoms with Gasteiger partial charge in [-0.15, -0.1) is 0 Å². The largest absolute Gasteiger partial charge is 0.481 e. The smallest absolute Gasteiger partial charge is 0.319 e. The number of hydrogen-bond acceptors (Lipinski definition) is 4. The predicted octanol–water partition coefficient (Wildman–Crippen LogP) is 0.660. The van der Waals surface area contributed by atoms with Crippen LogP contribution in [0.2, 0.25) is 0 Å². The van der Waals surface area contributed by atoms with E-state index in [-0.39, 0.29) is 24.7 Å². The monoisotopic (exact) mass is 320 g/mol. The van der Waals surface area contributed by atoms with E-state index >= 15 is 0 Å². The third-order valence-corrected chi connectivity index (χ3v) is 4.70. The molecular weight excluding hydrogens is 296 g/mol. The molecular formula is C13H24N2O5S. The number of nitrogens with zero attached hydrogens (tertiary/aromatic N) is 2. The fourth-order valence-corrected chi connectivity index (χ4v) is 2.99. The molecule has 1 saturated heterocycles. The molecule has 0 aliphatic carbocycles. The Morgan fingerprint density at radius 3 is 2.33 bits per heavy atom. The van der Waals surface area contributed by atoms with Crippen molar-refractivity contribution in [3.63, 3.8) is 0 Å². The lowest BCUT2D eigenvalue weighted by Gasteiger charge is -2.34. The summed E-state index contributed by atoms with van der Waals surface area (Å²) in [5.74, 6) is -0.467. The van der Waals surface area contributed by atoms with Crippen LogP contribution in [0.4, 0.5) is 4.79 Å². The zero-order chi connectivity index (χ0) is 16.0. The fraction of sp³-hybridized carbons (Fsp3) is 0.846. The highest BCUT2D eigenvalue weighted by Crippen LogP contribution is 2.22. The number of urea groups is 1. The Hall–Kier alpha value is -1.31. The number of carbonyl (C=O) groups is 2. The van der Waals surface area contributed by atoms with Crippen LogP contribution in [0, 0.1) is 5.92 Å². The van der Waals surface area contributed by atoms with Crippen LogP contribution in [-0.4, -0.2) is 74.0 Å². The molecule has 122 valence electrons. The van der Waals surface area contributed by atoms with Gasteiger partial charge in [-0.3, -0.25) is 4.79 Å². The Balaban J connectivity index is 2.35. The molecule has 0 spiro atoms. The number of likely N-dealkylation sites (tertiary alicyclic amines) is 1. The number of carboxylic acid groups (broad SMARTS) is 1. The number of rotatable bonds is 6. The lowest BCUT2D eigenvalue weighted by molar-refractivity contribution is -0.137. The molecule has 0 radical (unpaired) electrons. The molecule has 7 nitrogen and oxygen atoms in total. The Bertz CT molecular complexity index is 469. The zero-order valence-electron chi connectivity index (χ0n) is 12.6. The van der Waals surface area contributed by atoms with Crippen molar-refractivity contribution >= 4 is 21.8 Å². The topological polar surface area (TPSA) is 95.0 Å². The number of amides is 2. The predicted molar refractivity (Wildman–Crippen MR) is 78.9 cm³/mol. The highest BCUT2D eigenvalue weighted by molar-refractivity contribution is 7.90. The maximum Gasteiger partial charge on any atom is 0.319 e. The number of sulfone groups is 1. The summed E-state index contributed by atoms with van der Waals surface area (Å²) in [5, 5.41) is 8.66. The van der Waals surface area contributed by atoms with Gasteiger partial charge < -0.3 is 14.9 Å². The first-order valence-electron chi connectivity index (χ1n) is 7.08. The summed E-state index contributed by atoms with van der Waals surface area (Å²) in [6.45, 7) is 1.40. The van der Waals surface area contributed by atoms with E-state index in [0.717, 1.165) is 19.1 Å². The van der Waals surface area contributed by atoms with Gasteiger partial charge in [-0.1, -0.05) is 0 Å². The van der Waals surface area contributed by atoms with Gasteiger partial charge in [-0.05, 0) is 25.2 Å². The van der Waals surface area contributed by atoms with Gasteiger partial charge in [0.05, 0.1) is 5.75 Å². The van der Waals surface area contributed by atoms with E-state index < -0.39 is 15.8 Å². The van der Waals surface area contributed by atoms with Gasteiger partial charge in [0.2, 0.25) is 0 Å². The first-order chi connectivity index (χ1) is 9.69. The average Bonchev–Trinajstić information content (AvgIpc) is 2.41. The molecule has 0 aromatic heterocycles. The van der Waals surface area contributed by atoms with Gasteiger partial charge >= 0.3 is 12.0 Å². The molecule has 1 aliphatic heterocycles. The number of hydrogen-bond donors (Lipinski definition) is 1. The summed E-state index contributed by atoms with van der Waals surface area (Å²) >= 11 is 0. The molecule has 21 heavy (non-hydrogen) atoms. The van der Waals surface area contributed by atoms with Crippen molar-refractivity contribution in [2.45, 2.75) is 25.7 Å². The Morgan fingerprint density at radius 1 is 1.29 bits per heavy atom. The van der Waals surface area contributed by atoms with Crippen molar-refractivity contribution in [2.24, 2.45) is 5.92 Å². The van der Waals surface area contributed by atoms with Crippen LogP contribution >= 0.6 is 0 Å². The van der Waals surface area contributed by atoms with Crippen LogP contribution in [0.1, 0.15) is 25.7 Å². The number of aliphatic carboxylic acids is 1. The summed E-state index contributed by atoms with van der Waals surface area (Å²) in [7, 11) is -1.47. The van der Waals surface area contributed by atoms with Crippen molar-refractivity contribution in [3.05, 3.63) is 0 Å². The minimum absolute atomic E-state index is 0.0374. The molecule has 1 fully saturated rings. The van der Waals surface area contributed by atoms with Crippen LogP contribution in [0.3, 0.4) is 0 Å². The molecule has 0 saturated carbocycles. The van der Waals surface area contributed by atoms with Crippen molar-refractivity contribution in [2.75, 3.05) is 38.7 Å². The van der Waals surface area contributed by atoms with E-state index in [0.29, 0.717) is 25.4 Å². The molecule has 1 aliphatic rings. The number of carboxylic acids is 1. The van der Waals surface area contributed by atoms with E-state index in [1.54, 1.807) is 11.9 Å². The van der Waals surface area contributed by atoms with Crippen molar-refractivity contribution < 1.29 is 23.1 Å². The van der Waals surface area contributed by atoms with E-state index in [1.807, 2.05) is 0 Å². The van der Waals surface area contributed by atoms with Crippen LogP contribution in [0.5, 0.6) is 0 Å². The standard InChI is InChI=1S/C13H24N2O5S/c1-14(9-10-21(2,19)20)13(18)15-7-5-11(6-8-15)3-4-12(16)17/h11H,3-10H2,1-2H3,(H,16,17). The minimum Gasteiger partial charge on any atom is -0.481 e. The lowest BCUT2D eigenvalue weighted by Crippen LogP contribution is -2.46. The molecule has 0 unspecified atom stereocenters. The summed E-state index contributed by atoms with van der Waals surface area (Å²) in [6, 6.07) is -0.157. The van der Waals surface area contributed by atoms with E-state index in [1.165, 1.54) is 4.90 Å². The van der Waals surface area contributed by atoms with Gasteiger partial charge in [0.1, 0.15) is 9.84 Å².